The van der Waals surface area contributed by atoms with Gasteiger partial charge in [-0.05, 0) is 32.1 Å². The summed E-state index contributed by atoms with van der Waals surface area (Å²) in [7, 11) is 0. The third kappa shape index (κ3) is 10.1. The Morgan fingerprint density at radius 3 is 2.19 bits per heavy atom. The van der Waals surface area contributed by atoms with Crippen molar-refractivity contribution in [1.29, 1.82) is 0 Å². The van der Waals surface area contributed by atoms with Gasteiger partial charge in [-0.1, -0.05) is 0 Å². The van der Waals surface area contributed by atoms with Gasteiger partial charge in [-0.25, -0.2) is 4.79 Å². The van der Waals surface area contributed by atoms with E-state index in [-0.39, 0.29) is 51.2 Å². The predicted molar refractivity (Wildman–Crippen MR) is 123 cm³/mol. The normalized spacial score (nSPS) is 17.4. The summed E-state index contributed by atoms with van der Waals surface area (Å²) < 4.78 is 0. The number of hydrogen-bond acceptors (Lipinski definition) is 8. The molecule has 0 aromatic carbocycles. The molecule has 202 valence electrons. The monoisotopic (exact) mass is 515 g/mol. The van der Waals surface area contributed by atoms with Crippen molar-refractivity contribution in [2.75, 3.05) is 13.1 Å². The first-order chi connectivity index (χ1) is 16.8. The van der Waals surface area contributed by atoms with E-state index in [9.17, 15) is 33.9 Å². The van der Waals surface area contributed by atoms with Crippen LogP contribution in [-0.4, -0.2) is 99.1 Å². The summed E-state index contributed by atoms with van der Waals surface area (Å²) in [6.07, 6.45) is -0.397. The van der Waals surface area contributed by atoms with Crippen LogP contribution in [0.3, 0.4) is 0 Å². The number of likely N-dealkylation sites (tertiary alicyclic amines) is 1. The van der Waals surface area contributed by atoms with Gasteiger partial charge in [0.05, 0.1) is 12.5 Å². The lowest BCUT2D eigenvalue weighted by Crippen LogP contribution is -2.56. The number of guanidine groups is 1. The largest absolute Gasteiger partial charge is 0.481 e. The van der Waals surface area contributed by atoms with Crippen molar-refractivity contribution >= 4 is 41.6 Å². The fraction of sp³-hybridized carbons (Fsp3) is 0.650. The van der Waals surface area contributed by atoms with E-state index in [1.165, 1.54) is 4.90 Å². The van der Waals surface area contributed by atoms with Crippen LogP contribution >= 0.6 is 0 Å². The van der Waals surface area contributed by atoms with Gasteiger partial charge in [0.25, 0.3) is 0 Å². The van der Waals surface area contributed by atoms with E-state index >= 15 is 0 Å². The Bertz CT molecular complexity index is 876. The maximum atomic E-state index is 13.0. The summed E-state index contributed by atoms with van der Waals surface area (Å²) in [5, 5.41) is 31.5. The minimum absolute atomic E-state index is 0.0213. The third-order valence-electron chi connectivity index (χ3n) is 5.40. The maximum Gasteiger partial charge on any atom is 0.326 e. The lowest BCUT2D eigenvalue weighted by atomic mass is 10.1. The first-order valence-corrected chi connectivity index (χ1v) is 11.2. The second-order valence-electron chi connectivity index (χ2n) is 8.24. The molecular weight excluding hydrogens is 482 g/mol. The van der Waals surface area contributed by atoms with Gasteiger partial charge in [0, 0.05) is 19.5 Å². The molecule has 1 aliphatic heterocycles. The molecule has 0 saturated carbocycles. The topological polar surface area (TPSA) is 281 Å². The summed E-state index contributed by atoms with van der Waals surface area (Å²) in [6, 6.07) is -5.11. The van der Waals surface area contributed by atoms with Gasteiger partial charge < -0.3 is 48.1 Å². The van der Waals surface area contributed by atoms with E-state index < -0.39 is 66.2 Å². The Kier molecular flexibility index (Phi) is 12.1. The van der Waals surface area contributed by atoms with Crippen LogP contribution < -0.4 is 27.8 Å². The highest BCUT2D eigenvalue weighted by molar-refractivity contribution is 5.95. The SMILES string of the molecule is NC(N)=NCCCC(NC(=O)C1CCCN1C(=O)C(N)CCC(=O)O)C(=O)NC(CC(=O)O)C(=O)O. The van der Waals surface area contributed by atoms with Gasteiger partial charge in [0.15, 0.2) is 5.96 Å². The van der Waals surface area contributed by atoms with Gasteiger partial charge in [0.1, 0.15) is 18.1 Å². The van der Waals surface area contributed by atoms with Crippen molar-refractivity contribution in [3.63, 3.8) is 0 Å². The van der Waals surface area contributed by atoms with Crippen LogP contribution in [0.25, 0.3) is 0 Å². The Morgan fingerprint density at radius 1 is 0.972 bits per heavy atom. The van der Waals surface area contributed by atoms with E-state index in [1.54, 1.807) is 0 Å². The molecule has 1 fully saturated rings. The van der Waals surface area contributed by atoms with Crippen molar-refractivity contribution in [2.24, 2.45) is 22.2 Å². The highest BCUT2D eigenvalue weighted by Gasteiger charge is 2.38. The summed E-state index contributed by atoms with van der Waals surface area (Å²) in [6.45, 7) is 0.310. The standard InChI is InChI=1S/C20H33N7O9/c21-10(5-6-14(28)29)18(34)27-8-2-4-13(27)17(33)25-11(3-1-7-24-20(22)23)16(32)26-12(19(35)36)9-15(30)31/h10-13H,1-9,21H2,(H,25,33)(H,26,32)(H,28,29)(H,30,31)(H,35,36)(H4,22,23,24). The molecule has 16 nitrogen and oxygen atoms in total. The van der Waals surface area contributed by atoms with E-state index in [1.807, 2.05) is 0 Å². The highest BCUT2D eigenvalue weighted by atomic mass is 16.4. The van der Waals surface area contributed by atoms with Gasteiger partial charge in [-0.3, -0.25) is 29.0 Å². The zero-order valence-corrected chi connectivity index (χ0v) is 19.6. The molecule has 0 spiro atoms. The Labute approximate surface area is 206 Å². The molecule has 0 aromatic rings. The minimum atomic E-state index is -1.73. The van der Waals surface area contributed by atoms with Crippen LogP contribution in [0.5, 0.6) is 0 Å². The Balaban J connectivity index is 2.96. The molecule has 1 rings (SSSR count). The number of aliphatic carboxylic acids is 3. The molecular formula is C20H33N7O9. The fourth-order valence-corrected chi connectivity index (χ4v) is 3.61. The molecule has 1 heterocycles. The van der Waals surface area contributed by atoms with Crippen LogP contribution in [0.4, 0.5) is 0 Å². The molecule has 1 saturated heterocycles. The van der Waals surface area contributed by atoms with Crippen molar-refractivity contribution in [3.05, 3.63) is 0 Å². The number of nitrogens with two attached hydrogens (primary N) is 3. The number of nitrogens with one attached hydrogen (secondary N) is 2. The molecule has 0 aliphatic carbocycles. The zero-order valence-electron chi connectivity index (χ0n) is 19.6. The number of carboxylic acids is 3. The number of nitrogens with zero attached hydrogens (tertiary/aromatic N) is 2. The Morgan fingerprint density at radius 2 is 1.64 bits per heavy atom. The highest BCUT2D eigenvalue weighted by Crippen LogP contribution is 2.19. The van der Waals surface area contributed by atoms with Crippen molar-refractivity contribution in [2.45, 2.75) is 69.1 Å². The van der Waals surface area contributed by atoms with E-state index in [4.69, 9.17) is 27.4 Å². The smallest absolute Gasteiger partial charge is 0.326 e. The predicted octanol–water partition coefficient (Wildman–Crippen LogP) is -3.25. The molecule has 4 atom stereocenters. The van der Waals surface area contributed by atoms with Gasteiger partial charge in [-0.2, -0.15) is 0 Å². The van der Waals surface area contributed by atoms with Gasteiger partial charge >= 0.3 is 17.9 Å². The average molecular weight is 516 g/mol. The number of carbonyl (C=O) groups is 6. The Hall–Kier alpha value is -3.95. The molecule has 0 bridgehead atoms. The molecule has 1 aliphatic rings. The molecule has 0 radical (unpaired) electrons. The van der Waals surface area contributed by atoms with Crippen molar-refractivity contribution in [1.82, 2.24) is 15.5 Å². The summed E-state index contributed by atoms with van der Waals surface area (Å²) in [5.41, 5.74) is 16.3. The van der Waals surface area contributed by atoms with E-state index in [0.717, 1.165) is 0 Å². The van der Waals surface area contributed by atoms with E-state index in [2.05, 4.69) is 15.6 Å². The summed E-state index contributed by atoms with van der Waals surface area (Å²) in [5.74, 6) is -6.56. The van der Waals surface area contributed by atoms with Crippen LogP contribution in [0.1, 0.15) is 44.9 Å². The molecule has 36 heavy (non-hydrogen) atoms. The number of rotatable bonds is 15. The molecule has 3 amide bonds. The van der Waals surface area contributed by atoms with Crippen LogP contribution in [0.2, 0.25) is 0 Å². The number of amides is 3. The van der Waals surface area contributed by atoms with Gasteiger partial charge in [-0.15, -0.1) is 0 Å². The average Bonchev–Trinajstić information content (AvgIpc) is 3.27. The van der Waals surface area contributed by atoms with Crippen LogP contribution in [0.15, 0.2) is 4.99 Å². The summed E-state index contributed by atoms with van der Waals surface area (Å²) >= 11 is 0. The fourth-order valence-electron chi connectivity index (χ4n) is 3.61. The van der Waals surface area contributed by atoms with Gasteiger partial charge in [0.2, 0.25) is 17.7 Å². The number of hydrogen-bond donors (Lipinski definition) is 8. The maximum absolute atomic E-state index is 13.0. The summed E-state index contributed by atoms with van der Waals surface area (Å²) in [4.78, 5) is 76.5. The lowest BCUT2D eigenvalue weighted by molar-refractivity contribution is -0.147. The molecule has 4 unspecified atom stereocenters. The zero-order chi connectivity index (χ0) is 27.4. The lowest BCUT2D eigenvalue weighted by Gasteiger charge is -2.28. The molecule has 0 aromatic heterocycles. The molecule has 16 heteroatoms. The molecule has 11 N–H and O–H groups in total. The van der Waals surface area contributed by atoms with Crippen LogP contribution in [0, 0.1) is 0 Å². The van der Waals surface area contributed by atoms with E-state index in [0.29, 0.717) is 6.42 Å². The number of carboxylic acid groups (broad SMARTS) is 3. The number of aliphatic imine (C=N–C) groups is 1. The quantitative estimate of drug-likeness (QED) is 0.0606. The first kappa shape index (κ1) is 30.1. The second-order valence-corrected chi connectivity index (χ2v) is 8.24. The second kappa shape index (κ2) is 14.4. The van der Waals surface area contributed by atoms with Crippen molar-refractivity contribution < 1.29 is 44.1 Å². The third-order valence-corrected chi connectivity index (χ3v) is 5.40. The first-order valence-electron chi connectivity index (χ1n) is 11.2. The minimum Gasteiger partial charge on any atom is -0.481 e. The number of carbonyl (C=O) groups excluding carboxylic acids is 3. The van der Waals surface area contributed by atoms with Crippen molar-refractivity contribution in [3.8, 4) is 0 Å². The van der Waals surface area contributed by atoms with Crippen LogP contribution in [-0.2, 0) is 28.8 Å².